The van der Waals surface area contributed by atoms with E-state index < -0.39 is 12.0 Å². The van der Waals surface area contributed by atoms with Crippen LogP contribution in [0.5, 0.6) is 5.75 Å². The van der Waals surface area contributed by atoms with Crippen molar-refractivity contribution in [1.29, 1.82) is 0 Å². The standard InChI is InChI=1S/C23H19ClN2O4S/c1-14(23(28)30-11-16-5-3-4-6-19(16)24)26-13-25-21-20(22(26)27)18(12-31-21)15-7-9-17(29-2)10-8-15/h3-10,12-14H,11H2,1-2H3. The molecule has 2 heterocycles. The van der Waals surface area contributed by atoms with E-state index in [9.17, 15) is 9.59 Å². The number of ether oxygens (including phenoxy) is 2. The fourth-order valence-electron chi connectivity index (χ4n) is 3.20. The SMILES string of the molecule is COc1ccc(-c2csc3ncn(C(C)C(=O)OCc4ccccc4Cl)c(=O)c23)cc1. The van der Waals surface area contributed by atoms with Gasteiger partial charge in [0.25, 0.3) is 5.56 Å². The number of carbonyl (C=O) groups excluding carboxylic acids is 1. The third-order valence-corrected chi connectivity index (χ3v) is 6.26. The van der Waals surface area contributed by atoms with E-state index in [-0.39, 0.29) is 12.2 Å². The third-order valence-electron chi connectivity index (χ3n) is 5.01. The van der Waals surface area contributed by atoms with Crippen LogP contribution in [-0.4, -0.2) is 22.6 Å². The summed E-state index contributed by atoms with van der Waals surface area (Å²) in [5, 5.41) is 2.89. The highest BCUT2D eigenvalue weighted by Crippen LogP contribution is 2.32. The van der Waals surface area contributed by atoms with Gasteiger partial charge in [0.05, 0.1) is 18.8 Å². The van der Waals surface area contributed by atoms with Crippen molar-refractivity contribution >= 4 is 39.1 Å². The van der Waals surface area contributed by atoms with Crippen molar-refractivity contribution in [2.75, 3.05) is 7.11 Å². The first-order valence-electron chi connectivity index (χ1n) is 9.52. The normalized spacial score (nSPS) is 12.0. The number of nitrogens with zero attached hydrogens (tertiary/aromatic N) is 2. The van der Waals surface area contributed by atoms with Crippen molar-refractivity contribution in [2.45, 2.75) is 19.6 Å². The van der Waals surface area contributed by atoms with Crippen LogP contribution in [0.4, 0.5) is 0 Å². The second-order valence-corrected chi connectivity index (χ2v) is 8.16. The molecule has 0 saturated carbocycles. The van der Waals surface area contributed by atoms with Crippen molar-refractivity contribution in [3.05, 3.63) is 81.2 Å². The monoisotopic (exact) mass is 454 g/mol. The van der Waals surface area contributed by atoms with E-state index in [2.05, 4.69) is 4.98 Å². The third kappa shape index (κ3) is 4.19. The molecule has 0 N–H and O–H groups in total. The molecule has 31 heavy (non-hydrogen) atoms. The smallest absolute Gasteiger partial charge is 0.329 e. The summed E-state index contributed by atoms with van der Waals surface area (Å²) in [6.07, 6.45) is 1.39. The average Bonchev–Trinajstić information content (AvgIpc) is 3.23. The Morgan fingerprint density at radius 3 is 2.65 bits per heavy atom. The number of hydrogen-bond donors (Lipinski definition) is 0. The highest BCUT2D eigenvalue weighted by molar-refractivity contribution is 7.17. The van der Waals surface area contributed by atoms with Gasteiger partial charge in [-0.2, -0.15) is 0 Å². The summed E-state index contributed by atoms with van der Waals surface area (Å²) < 4.78 is 11.9. The lowest BCUT2D eigenvalue weighted by atomic mass is 10.1. The number of methoxy groups -OCH3 is 1. The quantitative estimate of drug-likeness (QED) is 0.379. The van der Waals surface area contributed by atoms with Crippen LogP contribution in [0.15, 0.2) is 65.0 Å². The number of rotatable bonds is 6. The largest absolute Gasteiger partial charge is 0.497 e. The van der Waals surface area contributed by atoms with Crippen molar-refractivity contribution in [3.8, 4) is 16.9 Å². The van der Waals surface area contributed by atoms with E-state index in [0.717, 1.165) is 16.9 Å². The summed E-state index contributed by atoms with van der Waals surface area (Å²) >= 11 is 7.50. The lowest BCUT2D eigenvalue weighted by Crippen LogP contribution is -2.29. The van der Waals surface area contributed by atoms with Crippen LogP contribution in [-0.2, 0) is 16.1 Å². The van der Waals surface area contributed by atoms with Gasteiger partial charge in [-0.15, -0.1) is 11.3 Å². The number of thiophene rings is 1. The number of carbonyl (C=O) groups is 1. The second-order valence-electron chi connectivity index (χ2n) is 6.89. The van der Waals surface area contributed by atoms with Crippen molar-refractivity contribution in [3.63, 3.8) is 0 Å². The lowest BCUT2D eigenvalue weighted by Gasteiger charge is -2.15. The number of halogens is 1. The highest BCUT2D eigenvalue weighted by atomic mass is 35.5. The van der Waals surface area contributed by atoms with E-state index >= 15 is 0 Å². The van der Waals surface area contributed by atoms with Gasteiger partial charge in [-0.1, -0.05) is 41.9 Å². The summed E-state index contributed by atoms with van der Waals surface area (Å²) in [7, 11) is 1.60. The first-order valence-corrected chi connectivity index (χ1v) is 10.8. The molecule has 6 nitrogen and oxygen atoms in total. The van der Waals surface area contributed by atoms with Gasteiger partial charge < -0.3 is 9.47 Å². The summed E-state index contributed by atoms with van der Waals surface area (Å²) in [5.41, 5.74) is 2.05. The number of aromatic nitrogens is 2. The zero-order valence-corrected chi connectivity index (χ0v) is 18.4. The molecule has 0 aliphatic heterocycles. The Labute approximate surface area is 187 Å². The molecule has 0 aliphatic rings. The van der Waals surface area contributed by atoms with E-state index in [4.69, 9.17) is 21.1 Å². The van der Waals surface area contributed by atoms with Crippen LogP contribution < -0.4 is 10.3 Å². The van der Waals surface area contributed by atoms with Crippen LogP contribution in [0.1, 0.15) is 18.5 Å². The number of benzene rings is 2. The molecule has 158 valence electrons. The first-order chi connectivity index (χ1) is 15.0. The molecule has 0 radical (unpaired) electrons. The average molecular weight is 455 g/mol. The van der Waals surface area contributed by atoms with E-state index in [1.165, 1.54) is 22.2 Å². The molecule has 0 bridgehead atoms. The minimum Gasteiger partial charge on any atom is -0.497 e. The van der Waals surface area contributed by atoms with Crippen molar-refractivity contribution < 1.29 is 14.3 Å². The molecule has 1 atom stereocenters. The molecule has 4 aromatic rings. The summed E-state index contributed by atoms with van der Waals surface area (Å²) in [5.74, 6) is 0.193. The topological polar surface area (TPSA) is 70.4 Å². The van der Waals surface area contributed by atoms with Gasteiger partial charge in [0.15, 0.2) is 0 Å². The second kappa shape index (κ2) is 8.91. The number of esters is 1. The Morgan fingerprint density at radius 2 is 1.94 bits per heavy atom. The predicted octanol–water partition coefficient (Wildman–Crippen LogP) is 5.09. The molecule has 0 saturated heterocycles. The zero-order chi connectivity index (χ0) is 22.0. The van der Waals surface area contributed by atoms with Crippen LogP contribution in [0, 0.1) is 0 Å². The lowest BCUT2D eigenvalue weighted by molar-refractivity contribution is -0.148. The Kier molecular flexibility index (Phi) is 6.06. The molecule has 1 unspecified atom stereocenters. The van der Waals surface area contributed by atoms with Crippen LogP contribution in [0.3, 0.4) is 0 Å². The number of fused-ring (bicyclic) bond motifs is 1. The Hall–Kier alpha value is -3.16. The number of hydrogen-bond acceptors (Lipinski definition) is 6. The van der Waals surface area contributed by atoms with Crippen LogP contribution in [0.25, 0.3) is 21.3 Å². The van der Waals surface area contributed by atoms with E-state index in [1.54, 1.807) is 32.2 Å². The van der Waals surface area contributed by atoms with Gasteiger partial charge in [-0.25, -0.2) is 9.78 Å². The molecule has 2 aromatic carbocycles. The van der Waals surface area contributed by atoms with Gasteiger partial charge in [0.2, 0.25) is 0 Å². The Bertz CT molecular complexity index is 1300. The first kappa shape index (κ1) is 21.1. The van der Waals surface area contributed by atoms with E-state index in [0.29, 0.717) is 20.8 Å². The maximum atomic E-state index is 13.3. The molecule has 2 aromatic heterocycles. The fourth-order valence-corrected chi connectivity index (χ4v) is 4.30. The molecule has 0 fully saturated rings. The zero-order valence-electron chi connectivity index (χ0n) is 16.9. The molecule has 4 rings (SSSR count). The molecule has 8 heteroatoms. The van der Waals surface area contributed by atoms with Gasteiger partial charge >= 0.3 is 5.97 Å². The molecular weight excluding hydrogens is 436 g/mol. The van der Waals surface area contributed by atoms with E-state index in [1.807, 2.05) is 35.7 Å². The Morgan fingerprint density at radius 1 is 1.19 bits per heavy atom. The van der Waals surface area contributed by atoms with Crippen molar-refractivity contribution in [1.82, 2.24) is 9.55 Å². The summed E-state index contributed by atoms with van der Waals surface area (Å²) in [4.78, 5) is 30.9. The maximum Gasteiger partial charge on any atom is 0.329 e. The maximum absolute atomic E-state index is 13.3. The summed E-state index contributed by atoms with van der Waals surface area (Å²) in [6.45, 7) is 1.64. The van der Waals surface area contributed by atoms with Crippen LogP contribution in [0.2, 0.25) is 5.02 Å². The van der Waals surface area contributed by atoms with Gasteiger partial charge in [-0.05, 0) is 30.7 Å². The van der Waals surface area contributed by atoms with Crippen LogP contribution >= 0.6 is 22.9 Å². The van der Waals surface area contributed by atoms with Gasteiger partial charge in [0.1, 0.15) is 23.2 Å². The minimum atomic E-state index is -0.837. The van der Waals surface area contributed by atoms with Crippen molar-refractivity contribution in [2.24, 2.45) is 0 Å². The molecule has 0 spiro atoms. The van der Waals surface area contributed by atoms with Gasteiger partial charge in [-0.3, -0.25) is 9.36 Å². The fraction of sp³-hybridized carbons (Fsp3) is 0.174. The Balaban J connectivity index is 1.63. The molecule has 0 amide bonds. The molecular formula is C23H19ClN2O4S. The highest BCUT2D eigenvalue weighted by Gasteiger charge is 2.21. The molecule has 0 aliphatic carbocycles. The predicted molar refractivity (Wildman–Crippen MR) is 122 cm³/mol. The minimum absolute atomic E-state index is 0.0306. The van der Waals surface area contributed by atoms with Gasteiger partial charge in [0, 0.05) is 21.5 Å². The summed E-state index contributed by atoms with van der Waals surface area (Å²) in [6, 6.07) is 13.7.